The van der Waals surface area contributed by atoms with Crippen LogP contribution in [0.2, 0.25) is 0 Å². The van der Waals surface area contributed by atoms with Crippen LogP contribution in [0.1, 0.15) is 11.1 Å². The van der Waals surface area contributed by atoms with Gasteiger partial charge in [0.1, 0.15) is 0 Å². The average molecular weight is 218 g/mol. The summed E-state index contributed by atoms with van der Waals surface area (Å²) in [7, 11) is 3.99. The van der Waals surface area contributed by atoms with Gasteiger partial charge in [-0.15, -0.1) is 0 Å². The summed E-state index contributed by atoms with van der Waals surface area (Å²) in [4.78, 5) is 0. The van der Waals surface area contributed by atoms with Crippen LogP contribution < -0.4 is 5.32 Å². The van der Waals surface area contributed by atoms with Crippen molar-refractivity contribution in [3.8, 4) is 0 Å². The van der Waals surface area contributed by atoms with Crippen molar-refractivity contribution in [3.63, 3.8) is 0 Å². The zero-order valence-electron chi connectivity index (χ0n) is 9.85. The monoisotopic (exact) mass is 218 g/mol. The van der Waals surface area contributed by atoms with E-state index in [1.807, 2.05) is 25.0 Å². The van der Waals surface area contributed by atoms with Gasteiger partial charge in [-0.1, -0.05) is 0 Å². The second-order valence-electron chi connectivity index (χ2n) is 4.13. The Balaban J connectivity index is 1.69. The van der Waals surface area contributed by atoms with Crippen molar-refractivity contribution in [3.05, 3.63) is 42.0 Å². The Morgan fingerprint density at radius 2 is 2.12 bits per heavy atom. The molecule has 0 amide bonds. The summed E-state index contributed by atoms with van der Waals surface area (Å²) < 4.78 is 3.91. The van der Waals surface area contributed by atoms with Crippen molar-refractivity contribution >= 4 is 0 Å². The molecule has 16 heavy (non-hydrogen) atoms. The van der Waals surface area contributed by atoms with Crippen LogP contribution in [0.25, 0.3) is 0 Å². The van der Waals surface area contributed by atoms with E-state index in [2.05, 4.69) is 39.6 Å². The highest BCUT2D eigenvalue weighted by atomic mass is 15.2. The molecule has 0 unspecified atom stereocenters. The SMILES string of the molecule is Cn1ccc(CNCCc2cnn(C)c2)c1. The van der Waals surface area contributed by atoms with Gasteiger partial charge >= 0.3 is 0 Å². The lowest BCUT2D eigenvalue weighted by Gasteiger charge is -2.01. The zero-order chi connectivity index (χ0) is 11.4. The minimum absolute atomic E-state index is 0.932. The van der Waals surface area contributed by atoms with Crippen molar-refractivity contribution in [1.29, 1.82) is 0 Å². The molecule has 2 heterocycles. The minimum atomic E-state index is 0.932. The molecule has 4 heteroatoms. The van der Waals surface area contributed by atoms with E-state index in [0.29, 0.717) is 0 Å². The first-order valence-electron chi connectivity index (χ1n) is 5.53. The van der Waals surface area contributed by atoms with Crippen LogP contribution in [0.3, 0.4) is 0 Å². The molecule has 86 valence electrons. The molecule has 0 spiro atoms. The van der Waals surface area contributed by atoms with Crippen molar-refractivity contribution < 1.29 is 0 Å². The lowest BCUT2D eigenvalue weighted by Crippen LogP contribution is -2.16. The molecular formula is C12H18N4. The van der Waals surface area contributed by atoms with Crippen molar-refractivity contribution in [1.82, 2.24) is 19.7 Å². The molecule has 0 atom stereocenters. The number of aromatic nitrogens is 3. The van der Waals surface area contributed by atoms with Gasteiger partial charge in [-0.05, 0) is 30.2 Å². The summed E-state index contributed by atoms with van der Waals surface area (Å²) in [6, 6.07) is 2.14. The van der Waals surface area contributed by atoms with Gasteiger partial charge in [0, 0.05) is 39.2 Å². The van der Waals surface area contributed by atoms with E-state index in [1.54, 1.807) is 0 Å². The normalized spacial score (nSPS) is 10.9. The molecule has 0 bridgehead atoms. The minimum Gasteiger partial charge on any atom is -0.357 e. The van der Waals surface area contributed by atoms with Crippen LogP contribution >= 0.6 is 0 Å². The lowest BCUT2D eigenvalue weighted by atomic mass is 10.2. The highest BCUT2D eigenvalue weighted by molar-refractivity contribution is 5.09. The maximum absolute atomic E-state index is 4.14. The van der Waals surface area contributed by atoms with Crippen molar-refractivity contribution in [2.45, 2.75) is 13.0 Å². The van der Waals surface area contributed by atoms with Crippen LogP contribution in [0.5, 0.6) is 0 Å². The summed E-state index contributed by atoms with van der Waals surface area (Å²) in [6.45, 7) is 1.92. The molecule has 4 nitrogen and oxygen atoms in total. The maximum Gasteiger partial charge on any atom is 0.0522 e. The number of hydrogen-bond acceptors (Lipinski definition) is 2. The van der Waals surface area contributed by atoms with Gasteiger partial charge in [-0.2, -0.15) is 5.10 Å². The first-order valence-corrected chi connectivity index (χ1v) is 5.53. The van der Waals surface area contributed by atoms with Gasteiger partial charge in [0.25, 0.3) is 0 Å². The predicted octanol–water partition coefficient (Wildman–Crippen LogP) is 1.09. The summed E-state index contributed by atoms with van der Waals surface area (Å²) in [5.74, 6) is 0. The van der Waals surface area contributed by atoms with Crippen LogP contribution in [0, 0.1) is 0 Å². The van der Waals surface area contributed by atoms with Crippen LogP contribution in [0.15, 0.2) is 30.9 Å². The zero-order valence-corrected chi connectivity index (χ0v) is 9.85. The molecule has 0 fully saturated rings. The molecule has 2 aromatic heterocycles. The molecule has 1 N–H and O–H groups in total. The number of rotatable bonds is 5. The second kappa shape index (κ2) is 4.99. The largest absolute Gasteiger partial charge is 0.357 e. The smallest absolute Gasteiger partial charge is 0.0522 e. The van der Waals surface area contributed by atoms with Crippen molar-refractivity contribution in [2.75, 3.05) is 6.54 Å². The predicted molar refractivity (Wildman–Crippen MR) is 64.0 cm³/mol. The standard InChI is InChI=1S/C12H18N4/c1-15-6-4-12(9-15)7-13-5-3-11-8-14-16(2)10-11/h4,6,8-10,13H,3,5,7H2,1-2H3. The summed E-state index contributed by atoms with van der Waals surface area (Å²) in [5.41, 5.74) is 2.61. The highest BCUT2D eigenvalue weighted by Gasteiger charge is 1.97. The fourth-order valence-corrected chi connectivity index (χ4v) is 1.73. The molecule has 0 aliphatic heterocycles. The Labute approximate surface area is 95.9 Å². The molecule has 0 aromatic carbocycles. The lowest BCUT2D eigenvalue weighted by molar-refractivity contribution is 0.685. The fraction of sp³-hybridized carbons (Fsp3) is 0.417. The van der Waals surface area contributed by atoms with Gasteiger partial charge in [-0.25, -0.2) is 0 Å². The fourth-order valence-electron chi connectivity index (χ4n) is 1.73. The van der Waals surface area contributed by atoms with Crippen LogP contribution in [0.4, 0.5) is 0 Å². The van der Waals surface area contributed by atoms with Crippen molar-refractivity contribution in [2.24, 2.45) is 14.1 Å². The van der Waals surface area contributed by atoms with E-state index in [4.69, 9.17) is 0 Å². The second-order valence-corrected chi connectivity index (χ2v) is 4.13. The Kier molecular flexibility index (Phi) is 3.41. The molecule has 0 saturated heterocycles. The first-order chi connectivity index (χ1) is 7.74. The quantitative estimate of drug-likeness (QED) is 0.762. The van der Waals surface area contributed by atoms with E-state index in [1.165, 1.54) is 11.1 Å². The summed E-state index contributed by atoms with van der Waals surface area (Å²) in [6.07, 6.45) is 9.21. The first kappa shape index (κ1) is 11.0. The third kappa shape index (κ3) is 2.97. The number of aryl methyl sites for hydroxylation is 2. The highest BCUT2D eigenvalue weighted by Crippen LogP contribution is 1.99. The van der Waals surface area contributed by atoms with Gasteiger partial charge in [-0.3, -0.25) is 4.68 Å². The van der Waals surface area contributed by atoms with Gasteiger partial charge < -0.3 is 9.88 Å². The number of nitrogens with zero attached hydrogens (tertiary/aromatic N) is 3. The molecule has 0 aliphatic rings. The van der Waals surface area contributed by atoms with E-state index in [0.717, 1.165) is 19.5 Å². The van der Waals surface area contributed by atoms with Gasteiger partial charge in [0.2, 0.25) is 0 Å². The summed E-state index contributed by atoms with van der Waals surface area (Å²) in [5, 5.41) is 7.56. The molecule has 0 saturated carbocycles. The van der Waals surface area contributed by atoms with Gasteiger partial charge in [0.05, 0.1) is 6.20 Å². The Morgan fingerprint density at radius 3 is 2.75 bits per heavy atom. The maximum atomic E-state index is 4.14. The molecule has 2 aromatic rings. The third-order valence-corrected chi connectivity index (χ3v) is 2.57. The molecular weight excluding hydrogens is 200 g/mol. The van der Waals surface area contributed by atoms with E-state index < -0.39 is 0 Å². The van der Waals surface area contributed by atoms with E-state index in [-0.39, 0.29) is 0 Å². The van der Waals surface area contributed by atoms with E-state index in [9.17, 15) is 0 Å². The number of nitrogens with one attached hydrogen (secondary N) is 1. The molecule has 0 radical (unpaired) electrons. The van der Waals surface area contributed by atoms with E-state index >= 15 is 0 Å². The third-order valence-electron chi connectivity index (χ3n) is 2.57. The van der Waals surface area contributed by atoms with Crippen LogP contribution in [-0.4, -0.2) is 20.9 Å². The topological polar surface area (TPSA) is 34.8 Å². The number of hydrogen-bond donors (Lipinski definition) is 1. The molecule has 0 aliphatic carbocycles. The van der Waals surface area contributed by atoms with Crippen LogP contribution in [-0.2, 0) is 27.1 Å². The summed E-state index contributed by atoms with van der Waals surface area (Å²) >= 11 is 0. The molecule has 2 rings (SSSR count). The Hall–Kier alpha value is -1.55. The Morgan fingerprint density at radius 1 is 1.25 bits per heavy atom. The Bertz CT molecular complexity index is 399. The van der Waals surface area contributed by atoms with Gasteiger partial charge in [0.15, 0.2) is 0 Å². The average Bonchev–Trinajstić information content (AvgIpc) is 2.83.